The third kappa shape index (κ3) is 4.27. The number of nitrogens with one attached hydrogen (secondary N) is 1. The molecular formula is C27H30N2O5. The Hall–Kier alpha value is -3.35. The molecule has 0 spiro atoms. The smallest absolute Gasteiger partial charge is 0.407 e. The number of rotatable bonds is 5. The molecule has 2 amide bonds. The summed E-state index contributed by atoms with van der Waals surface area (Å²) in [5, 5.41) is 12.1. The maximum atomic E-state index is 13.1. The number of alkyl carbamates (subject to hydrolysis) is 1. The van der Waals surface area contributed by atoms with E-state index in [4.69, 9.17) is 4.74 Å². The first kappa shape index (κ1) is 22.4. The van der Waals surface area contributed by atoms with Gasteiger partial charge in [0, 0.05) is 25.0 Å². The first-order chi connectivity index (χ1) is 16.5. The molecule has 0 bridgehead atoms. The van der Waals surface area contributed by atoms with Crippen LogP contribution in [0.5, 0.6) is 0 Å². The first-order valence-electron chi connectivity index (χ1n) is 12.2. The molecule has 2 aromatic carbocycles. The van der Waals surface area contributed by atoms with Crippen molar-refractivity contribution in [1.82, 2.24) is 10.2 Å². The lowest BCUT2D eigenvalue weighted by atomic mass is 9.94. The van der Waals surface area contributed by atoms with Gasteiger partial charge in [-0.25, -0.2) is 4.79 Å². The summed E-state index contributed by atoms with van der Waals surface area (Å²) >= 11 is 0. The number of likely N-dealkylation sites (tertiary alicyclic amines) is 1. The van der Waals surface area contributed by atoms with Crippen molar-refractivity contribution in [3.63, 3.8) is 0 Å². The van der Waals surface area contributed by atoms with Crippen molar-refractivity contribution < 1.29 is 24.2 Å². The zero-order chi connectivity index (χ0) is 23.7. The molecule has 1 aliphatic heterocycles. The molecule has 1 heterocycles. The maximum absolute atomic E-state index is 13.1. The Morgan fingerprint density at radius 3 is 2.15 bits per heavy atom. The summed E-state index contributed by atoms with van der Waals surface area (Å²) in [4.78, 5) is 38.8. The van der Waals surface area contributed by atoms with E-state index < -0.39 is 12.1 Å². The number of hydrogen-bond donors (Lipinski definition) is 2. The van der Waals surface area contributed by atoms with E-state index in [1.54, 1.807) is 4.90 Å². The standard InChI is InChI=1S/C27H30N2O5/c30-25(29-14-12-17(13-15-29)26(31)32)22-10-5-11-24(22)28-27(33)34-16-23-20-8-3-1-6-18(20)19-7-2-4-9-21(19)23/h1-4,6-9,17,22-24H,5,10-16H2,(H,28,33)(H,31,32)/t22-,24+/m1/s1. The van der Waals surface area contributed by atoms with Gasteiger partial charge in [0.25, 0.3) is 0 Å². The normalized spacial score (nSPS) is 22.2. The summed E-state index contributed by atoms with van der Waals surface area (Å²) in [5.74, 6) is -1.42. The van der Waals surface area contributed by atoms with E-state index in [0.29, 0.717) is 25.9 Å². The van der Waals surface area contributed by atoms with E-state index in [2.05, 4.69) is 29.6 Å². The average Bonchev–Trinajstić information content (AvgIpc) is 3.45. The van der Waals surface area contributed by atoms with Crippen molar-refractivity contribution >= 4 is 18.0 Å². The van der Waals surface area contributed by atoms with Crippen LogP contribution in [0.1, 0.15) is 49.1 Å². The number of amides is 2. The summed E-state index contributed by atoms with van der Waals surface area (Å²) in [7, 11) is 0. The predicted molar refractivity (Wildman–Crippen MR) is 126 cm³/mol. The minimum absolute atomic E-state index is 0.00492. The highest BCUT2D eigenvalue weighted by atomic mass is 16.5. The summed E-state index contributed by atoms with van der Waals surface area (Å²) in [6.07, 6.45) is 2.82. The molecule has 2 N–H and O–H groups in total. The number of hydrogen-bond acceptors (Lipinski definition) is 4. The second-order valence-corrected chi connectivity index (χ2v) is 9.55. The molecule has 0 unspecified atom stereocenters. The Labute approximate surface area is 199 Å². The lowest BCUT2D eigenvalue weighted by Gasteiger charge is -2.33. The van der Waals surface area contributed by atoms with Crippen LogP contribution in [0.2, 0.25) is 0 Å². The Morgan fingerprint density at radius 1 is 0.912 bits per heavy atom. The molecular weight excluding hydrogens is 432 g/mol. The topological polar surface area (TPSA) is 95.9 Å². The molecule has 178 valence electrons. The highest BCUT2D eigenvalue weighted by Gasteiger charge is 2.38. The van der Waals surface area contributed by atoms with Crippen LogP contribution in [0.25, 0.3) is 11.1 Å². The van der Waals surface area contributed by atoms with Gasteiger partial charge in [-0.15, -0.1) is 0 Å². The second kappa shape index (κ2) is 9.49. The lowest BCUT2D eigenvalue weighted by Crippen LogP contribution is -2.48. The van der Waals surface area contributed by atoms with Gasteiger partial charge in [0.2, 0.25) is 5.91 Å². The summed E-state index contributed by atoms with van der Waals surface area (Å²) < 4.78 is 5.68. The number of ether oxygens (including phenoxy) is 1. The molecule has 2 fully saturated rings. The zero-order valence-corrected chi connectivity index (χ0v) is 19.1. The van der Waals surface area contributed by atoms with Crippen molar-refractivity contribution in [3.05, 3.63) is 59.7 Å². The fourth-order valence-corrected chi connectivity index (χ4v) is 5.80. The molecule has 7 nitrogen and oxygen atoms in total. The number of carbonyl (C=O) groups is 3. The maximum Gasteiger partial charge on any atom is 0.407 e. The van der Waals surface area contributed by atoms with Crippen molar-refractivity contribution in [2.24, 2.45) is 11.8 Å². The van der Waals surface area contributed by atoms with Gasteiger partial charge < -0.3 is 20.1 Å². The third-order valence-electron chi connectivity index (χ3n) is 7.64. The van der Waals surface area contributed by atoms with Crippen LogP contribution < -0.4 is 5.32 Å². The number of fused-ring (bicyclic) bond motifs is 3. The van der Waals surface area contributed by atoms with Gasteiger partial charge >= 0.3 is 12.1 Å². The molecule has 7 heteroatoms. The van der Waals surface area contributed by atoms with Gasteiger partial charge in [0.05, 0.1) is 11.8 Å². The van der Waals surface area contributed by atoms with Crippen molar-refractivity contribution in [2.45, 2.75) is 44.1 Å². The fourth-order valence-electron chi connectivity index (χ4n) is 5.80. The average molecular weight is 463 g/mol. The van der Waals surface area contributed by atoms with E-state index in [1.165, 1.54) is 11.1 Å². The van der Waals surface area contributed by atoms with Crippen LogP contribution in [-0.2, 0) is 14.3 Å². The minimum atomic E-state index is -0.789. The van der Waals surface area contributed by atoms with Crippen molar-refractivity contribution in [3.8, 4) is 11.1 Å². The fraction of sp³-hybridized carbons (Fsp3) is 0.444. The van der Waals surface area contributed by atoms with Gasteiger partial charge in [-0.05, 0) is 47.9 Å². The van der Waals surface area contributed by atoms with E-state index >= 15 is 0 Å². The molecule has 1 saturated carbocycles. The predicted octanol–water partition coefficient (Wildman–Crippen LogP) is 4.02. The largest absolute Gasteiger partial charge is 0.481 e. The van der Waals surface area contributed by atoms with Crippen LogP contribution in [0.3, 0.4) is 0 Å². The van der Waals surface area contributed by atoms with Crippen molar-refractivity contribution in [2.75, 3.05) is 19.7 Å². The van der Waals surface area contributed by atoms with Crippen molar-refractivity contribution in [1.29, 1.82) is 0 Å². The molecule has 34 heavy (non-hydrogen) atoms. The van der Waals surface area contributed by atoms with E-state index in [9.17, 15) is 19.5 Å². The first-order valence-corrected chi connectivity index (χ1v) is 12.2. The third-order valence-corrected chi connectivity index (χ3v) is 7.64. The molecule has 2 aromatic rings. The Morgan fingerprint density at radius 2 is 1.53 bits per heavy atom. The monoisotopic (exact) mass is 462 g/mol. The lowest BCUT2D eigenvalue weighted by molar-refractivity contribution is -0.146. The summed E-state index contributed by atoms with van der Waals surface area (Å²) in [5.41, 5.74) is 4.69. The van der Waals surface area contributed by atoms with Gasteiger partial charge in [-0.1, -0.05) is 55.0 Å². The molecule has 5 rings (SSSR count). The Balaban J connectivity index is 1.18. The molecule has 0 aromatic heterocycles. The molecule has 2 atom stereocenters. The number of benzene rings is 2. The minimum Gasteiger partial charge on any atom is -0.481 e. The molecule has 2 aliphatic carbocycles. The SMILES string of the molecule is O=C(N[C@H]1CCC[C@H]1C(=O)N1CCC(C(=O)O)CC1)OCC1c2ccccc2-c2ccccc21. The highest BCUT2D eigenvalue weighted by molar-refractivity contribution is 5.82. The van der Waals surface area contributed by atoms with E-state index in [-0.39, 0.29) is 36.3 Å². The number of nitrogens with zero attached hydrogens (tertiary/aromatic N) is 1. The highest BCUT2D eigenvalue weighted by Crippen LogP contribution is 2.44. The number of carboxylic acid groups (broad SMARTS) is 1. The Kier molecular flexibility index (Phi) is 6.26. The van der Waals surface area contributed by atoms with Gasteiger partial charge in [-0.2, -0.15) is 0 Å². The van der Waals surface area contributed by atoms with Gasteiger partial charge in [-0.3, -0.25) is 9.59 Å². The number of carbonyl (C=O) groups excluding carboxylic acids is 2. The van der Waals surface area contributed by atoms with E-state index in [0.717, 1.165) is 30.4 Å². The number of piperidine rings is 1. The Bertz CT molecular complexity index is 1050. The second-order valence-electron chi connectivity index (χ2n) is 9.55. The summed E-state index contributed by atoms with van der Waals surface area (Å²) in [6, 6.07) is 16.2. The zero-order valence-electron chi connectivity index (χ0n) is 19.1. The van der Waals surface area contributed by atoms with Crippen LogP contribution in [-0.4, -0.2) is 53.7 Å². The molecule has 1 saturated heterocycles. The quantitative estimate of drug-likeness (QED) is 0.700. The molecule has 0 radical (unpaired) electrons. The van der Waals surface area contributed by atoms with Gasteiger partial charge in [0.15, 0.2) is 0 Å². The van der Waals surface area contributed by atoms with Gasteiger partial charge in [0.1, 0.15) is 6.61 Å². The number of aliphatic carboxylic acids is 1. The van der Waals surface area contributed by atoms with E-state index in [1.807, 2.05) is 24.3 Å². The number of carboxylic acids is 1. The van der Waals surface area contributed by atoms with Crippen LogP contribution in [0.4, 0.5) is 4.79 Å². The van der Waals surface area contributed by atoms with Crippen LogP contribution in [0.15, 0.2) is 48.5 Å². The summed E-state index contributed by atoms with van der Waals surface area (Å²) in [6.45, 7) is 1.17. The van der Waals surface area contributed by atoms with Crippen LogP contribution in [0, 0.1) is 11.8 Å². The van der Waals surface area contributed by atoms with Crippen LogP contribution >= 0.6 is 0 Å². The molecule has 3 aliphatic rings.